The number of benzene rings is 2. The average molecular weight is 861 g/mol. The summed E-state index contributed by atoms with van der Waals surface area (Å²) >= 11 is 0. The number of Topliss-reactive ketones (excluding diaryl/α,β-unsaturated/α-hetero) is 1. The third-order valence-corrected chi connectivity index (χ3v) is 13.3. The number of likely N-dealkylation sites (tertiary alicyclic amines) is 1. The van der Waals surface area contributed by atoms with Crippen molar-refractivity contribution in [2.45, 2.75) is 118 Å². The molecule has 2 aromatic carbocycles. The number of fused-ring (bicyclic) bond motifs is 1. The summed E-state index contributed by atoms with van der Waals surface area (Å²) in [6, 6.07) is 0. The summed E-state index contributed by atoms with van der Waals surface area (Å²) in [5, 5.41) is 50.2. The highest BCUT2D eigenvalue weighted by atomic mass is 16.7. The van der Waals surface area contributed by atoms with Gasteiger partial charge in [0.1, 0.15) is 28.6 Å². The Morgan fingerprint density at radius 3 is 2.29 bits per heavy atom. The van der Waals surface area contributed by atoms with Gasteiger partial charge in [0.2, 0.25) is 0 Å². The number of rotatable bonds is 4. The second kappa shape index (κ2) is 18.1. The normalized spacial score (nSPS) is 32.5. The van der Waals surface area contributed by atoms with Crippen LogP contribution in [0.2, 0.25) is 0 Å². The number of phenols is 2. The van der Waals surface area contributed by atoms with Crippen LogP contribution in [0.25, 0.3) is 10.8 Å². The summed E-state index contributed by atoms with van der Waals surface area (Å²) in [4.78, 5) is 53.9. The number of nitrogens with one attached hydrogen (secondary N) is 1. The zero-order chi connectivity index (χ0) is 45.6. The summed E-state index contributed by atoms with van der Waals surface area (Å²) in [6.07, 6.45) is 5.32. The van der Waals surface area contributed by atoms with E-state index in [1.807, 2.05) is 0 Å². The molecule has 1 saturated heterocycles. The van der Waals surface area contributed by atoms with Crippen molar-refractivity contribution in [1.29, 1.82) is 0 Å². The van der Waals surface area contributed by atoms with Crippen LogP contribution in [0.15, 0.2) is 46.1 Å². The number of piperidine rings is 1. The quantitative estimate of drug-likeness (QED) is 0.208. The number of methoxy groups -OCH3 is 1. The van der Waals surface area contributed by atoms with Crippen molar-refractivity contribution in [3.05, 3.63) is 58.0 Å². The molecule has 15 nitrogen and oxygen atoms in total. The second-order valence-corrected chi connectivity index (χ2v) is 18.4. The maximum absolute atomic E-state index is 14.8. The molecule has 4 aliphatic rings. The summed E-state index contributed by atoms with van der Waals surface area (Å²) in [5.41, 5.74) is -0.255. The van der Waals surface area contributed by atoms with Gasteiger partial charge >= 0.3 is 11.8 Å². The largest absolute Gasteiger partial charge is 0.507 e. The van der Waals surface area contributed by atoms with Crippen LogP contribution in [0.1, 0.15) is 91.1 Å². The number of carbonyl (C=O) groups excluding carboxylic acids is 3. The number of hydrogen-bond acceptors (Lipinski definition) is 14. The fraction of sp³-hybridized carbons (Fsp3) is 0.596. The van der Waals surface area contributed by atoms with E-state index in [1.54, 1.807) is 65.8 Å². The van der Waals surface area contributed by atoms with Gasteiger partial charge in [-0.1, -0.05) is 59.8 Å². The fourth-order valence-electron chi connectivity index (χ4n) is 9.41. The summed E-state index contributed by atoms with van der Waals surface area (Å²) in [5.74, 6) is -6.41. The van der Waals surface area contributed by atoms with Gasteiger partial charge in [-0.2, -0.15) is 0 Å². The van der Waals surface area contributed by atoms with Crippen molar-refractivity contribution in [3.8, 4) is 17.2 Å². The highest BCUT2D eigenvalue weighted by Gasteiger charge is 2.50. The minimum Gasteiger partial charge on any atom is -0.507 e. The van der Waals surface area contributed by atoms with E-state index in [9.17, 15) is 34.8 Å². The molecule has 6 rings (SSSR count). The van der Waals surface area contributed by atoms with Crippen molar-refractivity contribution in [2.24, 2.45) is 39.6 Å². The van der Waals surface area contributed by atoms with Gasteiger partial charge in [0, 0.05) is 80.8 Å². The van der Waals surface area contributed by atoms with Crippen LogP contribution < -0.4 is 20.8 Å². The molecule has 0 aliphatic carbocycles. The molecule has 4 heterocycles. The molecule has 0 saturated carbocycles. The number of aromatic hydroxyl groups is 2. The smallest absolute Gasteiger partial charge is 0.312 e. The lowest BCUT2D eigenvalue weighted by atomic mass is 9.78. The molecule has 4 bridgehead atoms. The lowest BCUT2D eigenvalue weighted by Crippen LogP contribution is -2.51. The maximum Gasteiger partial charge on any atom is 0.312 e. The van der Waals surface area contributed by atoms with Crippen molar-refractivity contribution >= 4 is 34.1 Å². The molecule has 1 fully saturated rings. The van der Waals surface area contributed by atoms with Gasteiger partial charge in [-0.05, 0) is 38.7 Å². The van der Waals surface area contributed by atoms with Gasteiger partial charge in [-0.15, -0.1) is 0 Å². The number of hydrogen-bond donors (Lipinski definition) is 5. The Bertz CT molecular complexity index is 2310. The zero-order valence-electron chi connectivity index (χ0n) is 37.8. The molecule has 4 aliphatic heterocycles. The van der Waals surface area contributed by atoms with Crippen molar-refractivity contribution in [2.75, 3.05) is 38.6 Å². The molecule has 1 amide bonds. The van der Waals surface area contributed by atoms with E-state index in [2.05, 4.69) is 24.1 Å². The molecule has 338 valence electrons. The number of esters is 1. The first-order valence-electron chi connectivity index (χ1n) is 21.7. The predicted molar refractivity (Wildman–Crippen MR) is 233 cm³/mol. The van der Waals surface area contributed by atoms with Crippen LogP contribution >= 0.6 is 0 Å². The van der Waals surface area contributed by atoms with Crippen molar-refractivity contribution in [1.82, 2.24) is 4.90 Å². The van der Waals surface area contributed by atoms with E-state index in [-0.39, 0.29) is 61.9 Å². The minimum absolute atomic E-state index is 0.0411. The van der Waals surface area contributed by atoms with Crippen LogP contribution in [0.3, 0.4) is 0 Å². The third kappa shape index (κ3) is 8.73. The van der Waals surface area contributed by atoms with Gasteiger partial charge in [-0.25, -0.2) is 0 Å². The van der Waals surface area contributed by atoms with Gasteiger partial charge in [0.15, 0.2) is 5.75 Å². The summed E-state index contributed by atoms with van der Waals surface area (Å²) in [7, 11) is 1.47. The van der Waals surface area contributed by atoms with Gasteiger partial charge in [0.05, 0.1) is 53.0 Å². The standard InChI is InChI=1S/C47H64N4O11/c1-23(2)21-51-18-16-47(17-19-51)22-48-36-35(50-47)32-33-40(55)29(8)43-34(32)44(57)46(10,62-43)60-20-15-31(59-11)26(5)42(61-30(9)52)28(7)39(54)27(6)38(53)24(3)13-12-14-25(4)45(58)49-37(36)41(33)56/h12-15,20,23-24,26-28,31,38-39,42,53-56H,16-19,21-22H2,1-11H3,(H,49,58)/b13-12+,20-15+,25-14-/t24-,26+,27+,28+,31-,38-,39+,42+,46-/m0/s1. The number of carbonyl (C=O) groups is 3. The molecular weight excluding hydrogens is 797 g/mol. The lowest BCUT2D eigenvalue weighted by molar-refractivity contribution is -0.160. The highest BCUT2D eigenvalue weighted by Crippen LogP contribution is 2.49. The van der Waals surface area contributed by atoms with E-state index in [0.29, 0.717) is 18.8 Å². The first kappa shape index (κ1) is 46.7. The molecule has 0 aromatic heterocycles. The average Bonchev–Trinajstić information content (AvgIpc) is 3.49. The van der Waals surface area contributed by atoms with Crippen LogP contribution in [0, 0.1) is 36.5 Å². The Morgan fingerprint density at radius 2 is 1.66 bits per heavy atom. The van der Waals surface area contributed by atoms with Crippen molar-refractivity contribution in [3.63, 3.8) is 0 Å². The third-order valence-electron chi connectivity index (χ3n) is 13.3. The minimum atomic E-state index is -1.96. The number of aliphatic hydroxyl groups is 2. The van der Waals surface area contributed by atoms with Crippen LogP contribution in [-0.2, 0) is 23.8 Å². The number of aliphatic hydroxyl groups excluding tert-OH is 2. The summed E-state index contributed by atoms with van der Waals surface area (Å²) < 4.78 is 24.1. The van der Waals surface area contributed by atoms with E-state index in [1.165, 1.54) is 27.2 Å². The first-order valence-corrected chi connectivity index (χ1v) is 21.7. The molecule has 62 heavy (non-hydrogen) atoms. The molecule has 15 heteroatoms. The first-order chi connectivity index (χ1) is 29.1. The number of amides is 1. The molecule has 9 atom stereocenters. The van der Waals surface area contributed by atoms with E-state index >= 15 is 0 Å². The molecule has 0 unspecified atom stereocenters. The Kier molecular flexibility index (Phi) is 13.6. The van der Waals surface area contributed by atoms with Crippen LogP contribution in [-0.4, -0.2) is 112 Å². The van der Waals surface area contributed by atoms with Gasteiger partial charge in [-0.3, -0.25) is 24.4 Å². The monoisotopic (exact) mass is 860 g/mol. The van der Waals surface area contributed by atoms with Crippen molar-refractivity contribution < 1.29 is 53.8 Å². The predicted octanol–water partition coefficient (Wildman–Crippen LogP) is 4.79. The Labute approximate surface area is 363 Å². The zero-order valence-corrected chi connectivity index (χ0v) is 37.8. The Hall–Kier alpha value is -4.83. The number of phenolic OH excluding ortho intramolecular Hbond substituents is 2. The summed E-state index contributed by atoms with van der Waals surface area (Å²) in [6.45, 7) is 20.0. The maximum atomic E-state index is 14.8. The molecular formula is C47H64N4O11. The van der Waals surface area contributed by atoms with Gasteiger partial charge < -0.3 is 49.6 Å². The SMILES string of the molecule is CO[C@H]1/C=C/O[C@@]2(C)Oc3c(C)c(O)c4c(O)c(c5c(c4c3C2=O)=NC2(CCN(CC(C)C)CC2)CN=5)NC(=O)/C(C)=C\C=C\[C@H](C)[C@H](O)[C@@H](C)[C@@H](O)[C@@H](C)[C@H](OC(C)=O)[C@@H]1C. The number of ether oxygens (including phenoxy) is 4. The van der Waals surface area contributed by atoms with E-state index < -0.39 is 82.8 Å². The Balaban J connectivity index is 1.55. The van der Waals surface area contributed by atoms with Crippen LogP contribution in [0.5, 0.6) is 17.2 Å². The molecule has 0 radical (unpaired) electrons. The second-order valence-electron chi connectivity index (χ2n) is 18.4. The Morgan fingerprint density at radius 1 is 0.984 bits per heavy atom. The topological polar surface area (TPSA) is 209 Å². The molecule has 5 N–H and O–H groups in total. The number of nitrogens with zero attached hydrogens (tertiary/aromatic N) is 3. The van der Waals surface area contributed by atoms with Crippen LogP contribution in [0.4, 0.5) is 5.69 Å². The molecule has 2 aromatic rings. The number of ketones is 1. The lowest BCUT2D eigenvalue weighted by Gasteiger charge is -2.40. The van der Waals surface area contributed by atoms with Gasteiger partial charge in [0.25, 0.3) is 11.7 Å². The van der Waals surface area contributed by atoms with E-state index in [0.717, 1.165) is 19.6 Å². The molecule has 1 spiro atoms. The highest BCUT2D eigenvalue weighted by molar-refractivity contribution is 6.19. The van der Waals surface area contributed by atoms with E-state index in [4.69, 9.17) is 28.9 Å². The number of anilines is 1. The number of allylic oxidation sites excluding steroid dienone is 2. The fourth-order valence-corrected chi connectivity index (χ4v) is 9.41.